The van der Waals surface area contributed by atoms with Gasteiger partial charge in [-0.15, -0.1) is 11.8 Å². The van der Waals surface area contributed by atoms with Crippen LogP contribution in [-0.4, -0.2) is 23.7 Å². The number of esters is 1. The molecule has 0 saturated heterocycles. The number of hydrogen-bond donors (Lipinski definition) is 1. The van der Waals surface area contributed by atoms with Crippen molar-refractivity contribution in [3.63, 3.8) is 0 Å². The summed E-state index contributed by atoms with van der Waals surface area (Å²) in [5.41, 5.74) is 4.90. The zero-order chi connectivity index (χ0) is 21.5. The highest BCUT2D eigenvalue weighted by atomic mass is 32.2. The van der Waals surface area contributed by atoms with Crippen LogP contribution in [0.3, 0.4) is 0 Å². The number of anilines is 1. The molecular formula is C25H25NO3S. The number of amides is 1. The zero-order valence-corrected chi connectivity index (χ0v) is 18.2. The maximum Gasteiger partial charge on any atom is 0.317 e. The normalized spacial score (nSPS) is 11.6. The molecule has 0 fully saturated rings. The summed E-state index contributed by atoms with van der Waals surface area (Å²) in [7, 11) is 0. The maximum atomic E-state index is 12.6. The van der Waals surface area contributed by atoms with E-state index in [1.165, 1.54) is 17.3 Å². The van der Waals surface area contributed by atoms with Gasteiger partial charge in [-0.1, -0.05) is 66.2 Å². The number of hydrogen-bond acceptors (Lipinski definition) is 4. The fraction of sp³-hybridized carbons (Fsp3) is 0.200. The third-order valence-corrected chi connectivity index (χ3v) is 5.77. The summed E-state index contributed by atoms with van der Waals surface area (Å²) in [5, 5.41) is 2.88. The molecule has 4 nitrogen and oxygen atoms in total. The topological polar surface area (TPSA) is 55.4 Å². The lowest BCUT2D eigenvalue weighted by atomic mass is 10.0. The first-order chi connectivity index (χ1) is 14.4. The van der Waals surface area contributed by atoms with Crippen molar-refractivity contribution in [2.45, 2.75) is 31.8 Å². The summed E-state index contributed by atoms with van der Waals surface area (Å²) in [6, 6.07) is 23.5. The van der Waals surface area contributed by atoms with Crippen LogP contribution in [0.2, 0.25) is 0 Å². The van der Waals surface area contributed by atoms with E-state index in [1.807, 2.05) is 80.6 Å². The van der Waals surface area contributed by atoms with Gasteiger partial charge in [-0.3, -0.25) is 9.59 Å². The summed E-state index contributed by atoms with van der Waals surface area (Å²) in [4.78, 5) is 25.9. The van der Waals surface area contributed by atoms with Crippen molar-refractivity contribution in [3.05, 3.63) is 83.9 Å². The number of carbonyl (C=O) groups is 2. The monoisotopic (exact) mass is 419 g/mol. The lowest BCUT2D eigenvalue weighted by molar-refractivity contribution is -0.150. The third-order valence-electron chi connectivity index (χ3n) is 4.62. The number of nitrogens with one attached hydrogen (secondary N) is 1. The Morgan fingerprint density at radius 1 is 0.967 bits per heavy atom. The summed E-state index contributed by atoms with van der Waals surface area (Å²) in [5.74, 6) is -0.621. The van der Waals surface area contributed by atoms with Crippen LogP contribution in [0.5, 0.6) is 0 Å². The molecule has 0 spiro atoms. The van der Waals surface area contributed by atoms with E-state index in [0.717, 1.165) is 21.6 Å². The van der Waals surface area contributed by atoms with Gasteiger partial charge in [-0.25, -0.2) is 0 Å². The van der Waals surface area contributed by atoms with Crippen molar-refractivity contribution >= 4 is 29.3 Å². The van der Waals surface area contributed by atoms with Crippen LogP contribution in [-0.2, 0) is 14.3 Å². The fourth-order valence-corrected chi connectivity index (χ4v) is 3.87. The average molecular weight is 420 g/mol. The van der Waals surface area contributed by atoms with Crippen molar-refractivity contribution in [1.82, 2.24) is 0 Å². The van der Waals surface area contributed by atoms with E-state index >= 15 is 0 Å². The standard InChI is InChI=1S/C25H25NO3S/c1-17-13-14-23(18(2)15-17)30-16-24(27)29-19(3)25(28)26-22-12-8-7-11-21(22)20-9-5-4-6-10-20/h4-15,19H,16H2,1-3H3,(H,26,28)/t19-/m1/s1. The molecular weight excluding hydrogens is 394 g/mol. The summed E-state index contributed by atoms with van der Waals surface area (Å²) < 4.78 is 5.34. The smallest absolute Gasteiger partial charge is 0.317 e. The Labute approximate surface area is 181 Å². The molecule has 0 heterocycles. The van der Waals surface area contributed by atoms with Gasteiger partial charge in [0.15, 0.2) is 6.10 Å². The molecule has 3 aromatic rings. The highest BCUT2D eigenvalue weighted by Crippen LogP contribution is 2.28. The fourth-order valence-electron chi connectivity index (χ4n) is 3.08. The Kier molecular flexibility index (Phi) is 7.31. The third kappa shape index (κ3) is 5.74. The molecule has 0 aromatic heterocycles. The number of benzene rings is 3. The second kappa shape index (κ2) is 10.1. The summed E-state index contributed by atoms with van der Waals surface area (Å²) in [6.07, 6.45) is -0.888. The molecule has 1 amide bonds. The Bertz CT molecular complexity index is 1030. The van der Waals surface area contributed by atoms with Gasteiger partial charge in [-0.2, -0.15) is 0 Å². The summed E-state index contributed by atoms with van der Waals surface area (Å²) >= 11 is 1.42. The van der Waals surface area contributed by atoms with Gasteiger partial charge in [0.25, 0.3) is 5.91 Å². The minimum Gasteiger partial charge on any atom is -0.452 e. The van der Waals surface area contributed by atoms with Gasteiger partial charge in [-0.05, 0) is 44.0 Å². The predicted octanol–water partition coefficient (Wildman–Crippen LogP) is 5.63. The number of aryl methyl sites for hydroxylation is 2. The molecule has 0 saturated carbocycles. The molecule has 3 aromatic carbocycles. The molecule has 0 bridgehead atoms. The van der Waals surface area contributed by atoms with E-state index in [-0.39, 0.29) is 11.7 Å². The van der Waals surface area contributed by atoms with Crippen molar-refractivity contribution < 1.29 is 14.3 Å². The molecule has 3 rings (SSSR count). The van der Waals surface area contributed by atoms with Crippen molar-refractivity contribution in [2.24, 2.45) is 0 Å². The first-order valence-corrected chi connectivity index (χ1v) is 10.8. The average Bonchev–Trinajstić information content (AvgIpc) is 2.74. The van der Waals surface area contributed by atoms with Crippen LogP contribution in [0.15, 0.2) is 77.7 Å². The van der Waals surface area contributed by atoms with Crippen LogP contribution in [0, 0.1) is 13.8 Å². The molecule has 0 aliphatic carbocycles. The van der Waals surface area contributed by atoms with Crippen LogP contribution in [0.25, 0.3) is 11.1 Å². The molecule has 154 valence electrons. The van der Waals surface area contributed by atoms with E-state index in [0.29, 0.717) is 5.69 Å². The van der Waals surface area contributed by atoms with Gasteiger partial charge in [0.1, 0.15) is 0 Å². The molecule has 0 unspecified atom stereocenters. The van der Waals surface area contributed by atoms with Crippen molar-refractivity contribution in [2.75, 3.05) is 11.1 Å². The highest BCUT2D eigenvalue weighted by molar-refractivity contribution is 8.00. The Morgan fingerprint density at radius 2 is 1.67 bits per heavy atom. The Hall–Kier alpha value is -3.05. The van der Waals surface area contributed by atoms with Crippen molar-refractivity contribution in [3.8, 4) is 11.1 Å². The zero-order valence-electron chi connectivity index (χ0n) is 17.3. The predicted molar refractivity (Wildman–Crippen MR) is 123 cm³/mol. The summed E-state index contributed by atoms with van der Waals surface area (Å²) in [6.45, 7) is 5.63. The minimum atomic E-state index is -0.888. The number of rotatable bonds is 7. The van der Waals surface area contributed by atoms with E-state index in [2.05, 4.69) is 11.4 Å². The van der Waals surface area contributed by atoms with Gasteiger partial charge in [0.05, 0.1) is 5.75 Å². The molecule has 1 atom stereocenters. The number of para-hydroxylation sites is 1. The molecule has 0 aliphatic rings. The quantitative estimate of drug-likeness (QED) is 0.398. The van der Waals surface area contributed by atoms with Gasteiger partial charge in [0, 0.05) is 16.1 Å². The number of thioether (sulfide) groups is 1. The Morgan fingerprint density at radius 3 is 2.40 bits per heavy atom. The van der Waals surface area contributed by atoms with Gasteiger partial charge >= 0.3 is 5.97 Å². The van der Waals surface area contributed by atoms with Crippen LogP contribution < -0.4 is 5.32 Å². The lowest BCUT2D eigenvalue weighted by Crippen LogP contribution is -2.30. The van der Waals surface area contributed by atoms with E-state index in [1.54, 1.807) is 6.92 Å². The van der Waals surface area contributed by atoms with E-state index < -0.39 is 12.1 Å². The van der Waals surface area contributed by atoms with E-state index in [4.69, 9.17) is 4.74 Å². The molecule has 1 N–H and O–H groups in total. The maximum absolute atomic E-state index is 12.6. The molecule has 0 aliphatic heterocycles. The number of ether oxygens (including phenoxy) is 1. The largest absolute Gasteiger partial charge is 0.452 e. The molecule has 5 heteroatoms. The highest BCUT2D eigenvalue weighted by Gasteiger charge is 2.19. The van der Waals surface area contributed by atoms with Crippen molar-refractivity contribution in [1.29, 1.82) is 0 Å². The van der Waals surface area contributed by atoms with Gasteiger partial charge in [0.2, 0.25) is 0 Å². The second-order valence-electron chi connectivity index (χ2n) is 7.09. The SMILES string of the molecule is Cc1ccc(SCC(=O)O[C@H](C)C(=O)Nc2ccccc2-c2ccccc2)c(C)c1. The van der Waals surface area contributed by atoms with Crippen LogP contribution in [0.4, 0.5) is 5.69 Å². The molecule has 0 radical (unpaired) electrons. The lowest BCUT2D eigenvalue weighted by Gasteiger charge is -2.16. The van der Waals surface area contributed by atoms with Gasteiger partial charge < -0.3 is 10.1 Å². The van der Waals surface area contributed by atoms with Crippen LogP contribution in [0.1, 0.15) is 18.1 Å². The van der Waals surface area contributed by atoms with Crippen LogP contribution >= 0.6 is 11.8 Å². The van der Waals surface area contributed by atoms with E-state index in [9.17, 15) is 9.59 Å². The number of carbonyl (C=O) groups excluding carboxylic acids is 2. The first kappa shape index (κ1) is 21.7. The minimum absolute atomic E-state index is 0.155. The first-order valence-electron chi connectivity index (χ1n) is 9.79. The second-order valence-corrected chi connectivity index (χ2v) is 8.11. The molecule has 30 heavy (non-hydrogen) atoms. The Balaban J connectivity index is 1.58.